The summed E-state index contributed by atoms with van der Waals surface area (Å²) in [5.41, 5.74) is 0. The SMILES string of the molecule is CC/C=C\C/C=C\C/C=C\C/C=C\C/C=C\CCCCCCCCCCCC(=O)OC(COC(=O)CCCCCCCCC)COC(=O)CCCCCCCCCCCCCCCCC/C=C\C/C=C\CCCCCCC. The van der Waals surface area contributed by atoms with Crippen molar-refractivity contribution >= 4 is 17.9 Å². The monoisotopic (exact) mass is 1070 g/mol. The number of ether oxygens (including phenoxy) is 3. The van der Waals surface area contributed by atoms with E-state index in [0.29, 0.717) is 19.3 Å². The first kappa shape index (κ1) is 73.6. The molecule has 6 nitrogen and oxygen atoms in total. The number of esters is 3. The van der Waals surface area contributed by atoms with E-state index < -0.39 is 6.10 Å². The molecule has 0 aromatic heterocycles. The lowest BCUT2D eigenvalue weighted by Gasteiger charge is -2.18. The molecule has 77 heavy (non-hydrogen) atoms. The molecule has 0 saturated carbocycles. The summed E-state index contributed by atoms with van der Waals surface area (Å²) in [5.74, 6) is -0.876. The standard InChI is InChI=1S/C71H124O6/c1-4-7-10-13-16-18-20-22-24-26-28-30-32-34-35-37-38-40-42-44-46-48-50-52-55-58-61-64-70(73)76-67-68(66-75-69(72)63-60-57-54-15-12-9-6-3)77-71(74)65-62-59-56-53-51-49-47-45-43-41-39-36-33-31-29-27-25-23-21-19-17-14-11-8-5-2/h8,11,17,19-20,22-23,25-26,28-29,31,36,39,68H,4-7,9-10,12-16,18,21,24,27,30,32-35,37-38,40-67H2,1-3H3/b11-8-,19-17-,22-20-,25-23-,28-26-,31-29-,39-36-. The summed E-state index contributed by atoms with van der Waals surface area (Å²) >= 11 is 0. The van der Waals surface area contributed by atoms with Gasteiger partial charge in [-0.05, 0) is 96.3 Å². The molecule has 0 amide bonds. The minimum Gasteiger partial charge on any atom is -0.462 e. The molecule has 6 heteroatoms. The molecule has 0 heterocycles. The van der Waals surface area contributed by atoms with Gasteiger partial charge in [-0.25, -0.2) is 0 Å². The van der Waals surface area contributed by atoms with E-state index in [2.05, 4.69) is 106 Å². The average Bonchev–Trinajstić information content (AvgIpc) is 3.43. The topological polar surface area (TPSA) is 78.9 Å². The molecular formula is C71H124O6. The lowest BCUT2D eigenvalue weighted by molar-refractivity contribution is -0.167. The number of carbonyl (C=O) groups is 3. The first-order valence-electron chi connectivity index (χ1n) is 33.1. The van der Waals surface area contributed by atoms with Crippen LogP contribution in [-0.2, 0) is 28.6 Å². The minimum absolute atomic E-state index is 0.0761. The lowest BCUT2D eigenvalue weighted by Crippen LogP contribution is -2.30. The lowest BCUT2D eigenvalue weighted by atomic mass is 10.0. The number of carbonyl (C=O) groups excluding carboxylic acids is 3. The van der Waals surface area contributed by atoms with Gasteiger partial charge in [-0.3, -0.25) is 14.4 Å². The quantitative estimate of drug-likeness (QED) is 0.0261. The summed E-state index contributed by atoms with van der Waals surface area (Å²) in [4.78, 5) is 38.1. The Morgan fingerprint density at radius 1 is 0.273 bits per heavy atom. The Balaban J connectivity index is 4.11. The number of allylic oxidation sites excluding steroid dienone is 14. The second kappa shape index (κ2) is 65.1. The number of unbranched alkanes of at least 4 members (excludes halogenated alkanes) is 35. The van der Waals surface area contributed by atoms with E-state index in [0.717, 1.165) is 103 Å². The molecule has 0 aliphatic rings. The third-order valence-corrected chi connectivity index (χ3v) is 14.4. The molecule has 0 fully saturated rings. The second-order valence-electron chi connectivity index (χ2n) is 22.0. The average molecular weight is 1070 g/mol. The zero-order chi connectivity index (χ0) is 55.7. The van der Waals surface area contributed by atoms with Crippen LogP contribution < -0.4 is 0 Å². The van der Waals surface area contributed by atoms with Gasteiger partial charge in [-0.2, -0.15) is 0 Å². The van der Waals surface area contributed by atoms with E-state index in [1.54, 1.807) is 0 Å². The van der Waals surface area contributed by atoms with Crippen LogP contribution in [0.15, 0.2) is 85.1 Å². The third-order valence-electron chi connectivity index (χ3n) is 14.4. The van der Waals surface area contributed by atoms with Crippen molar-refractivity contribution < 1.29 is 28.6 Å². The number of rotatable bonds is 60. The first-order chi connectivity index (χ1) is 38.0. The van der Waals surface area contributed by atoms with Crippen LogP contribution >= 0.6 is 0 Å². The van der Waals surface area contributed by atoms with Crippen LogP contribution in [0.4, 0.5) is 0 Å². The molecule has 0 aliphatic heterocycles. The highest BCUT2D eigenvalue weighted by Crippen LogP contribution is 2.17. The van der Waals surface area contributed by atoms with Gasteiger partial charge in [0.05, 0.1) is 0 Å². The fourth-order valence-corrected chi connectivity index (χ4v) is 9.44. The van der Waals surface area contributed by atoms with Crippen molar-refractivity contribution in [1.29, 1.82) is 0 Å². The maximum Gasteiger partial charge on any atom is 0.306 e. The van der Waals surface area contributed by atoms with Crippen molar-refractivity contribution in [3.63, 3.8) is 0 Å². The van der Waals surface area contributed by atoms with Gasteiger partial charge in [0.25, 0.3) is 0 Å². The summed E-state index contributed by atoms with van der Waals surface area (Å²) in [6.45, 7) is 6.50. The van der Waals surface area contributed by atoms with Gasteiger partial charge in [-0.1, -0.05) is 298 Å². The predicted octanol–water partition coefficient (Wildman–Crippen LogP) is 22.7. The van der Waals surface area contributed by atoms with Gasteiger partial charge in [0.1, 0.15) is 13.2 Å². The van der Waals surface area contributed by atoms with E-state index in [1.165, 1.54) is 186 Å². The molecule has 0 radical (unpaired) electrons. The van der Waals surface area contributed by atoms with Gasteiger partial charge < -0.3 is 14.2 Å². The van der Waals surface area contributed by atoms with Crippen LogP contribution in [0.25, 0.3) is 0 Å². The number of hydrogen-bond donors (Lipinski definition) is 0. The Kier molecular flexibility index (Phi) is 62.2. The maximum atomic E-state index is 12.9. The van der Waals surface area contributed by atoms with Gasteiger partial charge in [0.2, 0.25) is 0 Å². The maximum absolute atomic E-state index is 12.9. The predicted molar refractivity (Wildman–Crippen MR) is 334 cm³/mol. The molecule has 0 bridgehead atoms. The van der Waals surface area contributed by atoms with Crippen LogP contribution in [0.2, 0.25) is 0 Å². The van der Waals surface area contributed by atoms with Gasteiger partial charge in [0.15, 0.2) is 6.10 Å². The third kappa shape index (κ3) is 63.3. The zero-order valence-electron chi connectivity index (χ0n) is 51.0. The molecule has 0 spiro atoms. The fourth-order valence-electron chi connectivity index (χ4n) is 9.44. The van der Waals surface area contributed by atoms with Gasteiger partial charge in [-0.15, -0.1) is 0 Å². The second-order valence-corrected chi connectivity index (χ2v) is 22.0. The Hall–Kier alpha value is -3.41. The van der Waals surface area contributed by atoms with Crippen molar-refractivity contribution in [2.45, 2.75) is 335 Å². The molecule has 1 atom stereocenters. The van der Waals surface area contributed by atoms with Crippen molar-refractivity contribution in [1.82, 2.24) is 0 Å². The van der Waals surface area contributed by atoms with E-state index in [-0.39, 0.29) is 31.1 Å². The Morgan fingerprint density at radius 2 is 0.506 bits per heavy atom. The van der Waals surface area contributed by atoms with E-state index in [9.17, 15) is 14.4 Å². The van der Waals surface area contributed by atoms with Crippen LogP contribution in [0.5, 0.6) is 0 Å². The largest absolute Gasteiger partial charge is 0.462 e. The highest BCUT2D eigenvalue weighted by molar-refractivity contribution is 5.71. The van der Waals surface area contributed by atoms with Crippen molar-refractivity contribution in [3.05, 3.63) is 85.1 Å². The van der Waals surface area contributed by atoms with E-state index >= 15 is 0 Å². The number of hydrogen-bond acceptors (Lipinski definition) is 6. The Morgan fingerprint density at radius 3 is 0.792 bits per heavy atom. The molecule has 0 N–H and O–H groups in total. The summed E-state index contributed by atoms with van der Waals surface area (Å²) in [6, 6.07) is 0. The first-order valence-corrected chi connectivity index (χ1v) is 33.1. The molecule has 0 aromatic rings. The molecule has 444 valence electrons. The normalized spacial score (nSPS) is 12.6. The summed E-state index contributed by atoms with van der Waals surface area (Å²) in [5, 5.41) is 0. The minimum atomic E-state index is -0.777. The molecule has 0 aliphatic carbocycles. The molecule has 1 unspecified atom stereocenters. The Bertz CT molecular complexity index is 1470. The molecular weight excluding hydrogens is 949 g/mol. The van der Waals surface area contributed by atoms with Gasteiger partial charge in [0, 0.05) is 19.3 Å². The van der Waals surface area contributed by atoms with Crippen molar-refractivity contribution in [2.75, 3.05) is 13.2 Å². The highest BCUT2D eigenvalue weighted by atomic mass is 16.6. The van der Waals surface area contributed by atoms with Crippen molar-refractivity contribution in [2.24, 2.45) is 0 Å². The van der Waals surface area contributed by atoms with Crippen LogP contribution in [0.1, 0.15) is 329 Å². The molecule has 0 aromatic carbocycles. The summed E-state index contributed by atoms with van der Waals surface area (Å²) in [7, 11) is 0. The molecule has 0 saturated heterocycles. The highest BCUT2D eigenvalue weighted by Gasteiger charge is 2.19. The van der Waals surface area contributed by atoms with E-state index in [4.69, 9.17) is 14.2 Å². The van der Waals surface area contributed by atoms with Crippen molar-refractivity contribution in [3.8, 4) is 0 Å². The summed E-state index contributed by atoms with van der Waals surface area (Å²) < 4.78 is 16.9. The Labute approximate surface area is 477 Å². The van der Waals surface area contributed by atoms with Crippen LogP contribution in [-0.4, -0.2) is 37.2 Å². The fraction of sp³-hybridized carbons (Fsp3) is 0.761. The van der Waals surface area contributed by atoms with Crippen LogP contribution in [0, 0.1) is 0 Å². The van der Waals surface area contributed by atoms with Gasteiger partial charge >= 0.3 is 17.9 Å². The van der Waals surface area contributed by atoms with Crippen LogP contribution in [0.3, 0.4) is 0 Å². The molecule has 0 rings (SSSR count). The zero-order valence-corrected chi connectivity index (χ0v) is 51.0. The smallest absolute Gasteiger partial charge is 0.306 e. The van der Waals surface area contributed by atoms with E-state index in [1.807, 2.05) is 0 Å². The summed E-state index contributed by atoms with van der Waals surface area (Å²) in [6.07, 6.45) is 86.2.